The van der Waals surface area contributed by atoms with Gasteiger partial charge in [-0.05, 0) is 42.9 Å². The van der Waals surface area contributed by atoms with Crippen molar-refractivity contribution in [2.24, 2.45) is 0 Å². The molecule has 1 aliphatic rings. The summed E-state index contributed by atoms with van der Waals surface area (Å²) in [7, 11) is 0. The fourth-order valence-electron chi connectivity index (χ4n) is 1.99. The van der Waals surface area contributed by atoms with Crippen LogP contribution in [0.25, 0.3) is 0 Å². The van der Waals surface area contributed by atoms with Crippen LogP contribution in [0.1, 0.15) is 12.8 Å². The molecule has 0 aliphatic carbocycles. The Morgan fingerprint density at radius 3 is 2.74 bits per heavy atom. The Morgan fingerprint density at radius 1 is 1.42 bits per heavy atom. The zero-order valence-corrected chi connectivity index (χ0v) is 11.5. The van der Waals surface area contributed by atoms with Crippen molar-refractivity contribution in [3.8, 4) is 0 Å². The van der Waals surface area contributed by atoms with E-state index in [1.807, 2.05) is 29.2 Å². The van der Waals surface area contributed by atoms with E-state index in [1.165, 1.54) is 0 Å². The van der Waals surface area contributed by atoms with Crippen LogP contribution < -0.4 is 15.5 Å². The Morgan fingerprint density at radius 2 is 2.16 bits per heavy atom. The summed E-state index contributed by atoms with van der Waals surface area (Å²) < 4.78 is 0. The normalized spacial score (nSPS) is 14.3. The Labute approximate surface area is 118 Å². The smallest absolute Gasteiger partial charge is 0.227 e. The van der Waals surface area contributed by atoms with Crippen LogP contribution in [-0.2, 0) is 4.79 Å². The minimum atomic E-state index is 0.198. The van der Waals surface area contributed by atoms with Crippen molar-refractivity contribution < 1.29 is 4.79 Å². The summed E-state index contributed by atoms with van der Waals surface area (Å²) in [6.45, 7) is 5.06. The average Bonchev–Trinajstić information content (AvgIpc) is 2.83. The van der Waals surface area contributed by atoms with Gasteiger partial charge in [0.15, 0.2) is 5.11 Å². The molecule has 0 radical (unpaired) electrons. The molecule has 1 saturated heterocycles. The lowest BCUT2D eigenvalue weighted by Gasteiger charge is -2.16. The molecule has 5 heteroatoms. The standard InChI is InChI=1S/C14H17N3OS/c1-2-9-15-14(19)16-11-5-7-12(8-6-11)17-10-3-4-13(17)18/h2,5-8H,1,3-4,9-10H2,(H2,15,16,19). The zero-order valence-electron chi connectivity index (χ0n) is 10.7. The Balaban J connectivity index is 1.96. The maximum Gasteiger partial charge on any atom is 0.227 e. The first-order chi connectivity index (χ1) is 9.20. The molecular formula is C14H17N3OS. The summed E-state index contributed by atoms with van der Waals surface area (Å²) in [4.78, 5) is 13.4. The first kappa shape index (κ1) is 13.5. The molecule has 1 aromatic carbocycles. The largest absolute Gasteiger partial charge is 0.359 e. The van der Waals surface area contributed by atoms with Gasteiger partial charge in [-0.15, -0.1) is 6.58 Å². The third kappa shape index (κ3) is 3.54. The molecule has 0 spiro atoms. The van der Waals surface area contributed by atoms with Crippen molar-refractivity contribution in [2.75, 3.05) is 23.3 Å². The van der Waals surface area contributed by atoms with Crippen LogP contribution in [0, 0.1) is 0 Å². The molecule has 0 unspecified atom stereocenters. The molecule has 2 rings (SSSR count). The van der Waals surface area contributed by atoms with E-state index in [-0.39, 0.29) is 5.91 Å². The average molecular weight is 275 g/mol. The number of hydrogen-bond donors (Lipinski definition) is 2. The van der Waals surface area contributed by atoms with Crippen LogP contribution in [0.4, 0.5) is 11.4 Å². The van der Waals surface area contributed by atoms with Crippen molar-refractivity contribution in [1.82, 2.24) is 5.32 Å². The lowest BCUT2D eigenvalue weighted by molar-refractivity contribution is -0.117. The molecule has 1 aromatic rings. The number of carbonyl (C=O) groups excluding carboxylic acids is 1. The Kier molecular flexibility index (Phi) is 4.52. The molecule has 1 heterocycles. The van der Waals surface area contributed by atoms with Crippen LogP contribution in [0.2, 0.25) is 0 Å². The van der Waals surface area contributed by atoms with E-state index >= 15 is 0 Å². The second-order valence-electron chi connectivity index (χ2n) is 4.32. The highest BCUT2D eigenvalue weighted by atomic mass is 32.1. The number of amides is 1. The van der Waals surface area contributed by atoms with Crippen LogP contribution in [-0.4, -0.2) is 24.1 Å². The number of hydrogen-bond acceptors (Lipinski definition) is 2. The fraction of sp³-hybridized carbons (Fsp3) is 0.286. The number of rotatable bonds is 4. The summed E-state index contributed by atoms with van der Waals surface area (Å²) in [5.74, 6) is 0.198. The predicted molar refractivity (Wildman–Crippen MR) is 82.4 cm³/mol. The number of nitrogens with zero attached hydrogens (tertiary/aromatic N) is 1. The maximum absolute atomic E-state index is 11.6. The van der Waals surface area contributed by atoms with Crippen LogP contribution in [0.3, 0.4) is 0 Å². The zero-order chi connectivity index (χ0) is 13.7. The topological polar surface area (TPSA) is 44.4 Å². The van der Waals surface area contributed by atoms with E-state index in [0.717, 1.165) is 24.3 Å². The molecule has 1 aliphatic heterocycles. The van der Waals surface area contributed by atoms with Crippen molar-refractivity contribution >= 4 is 34.6 Å². The highest BCUT2D eigenvalue weighted by molar-refractivity contribution is 7.80. The lowest BCUT2D eigenvalue weighted by atomic mass is 10.2. The molecular weight excluding hydrogens is 258 g/mol. The lowest BCUT2D eigenvalue weighted by Crippen LogP contribution is -2.28. The summed E-state index contributed by atoms with van der Waals surface area (Å²) in [5, 5.41) is 6.63. The van der Waals surface area contributed by atoms with Gasteiger partial charge in [-0.2, -0.15) is 0 Å². The monoisotopic (exact) mass is 275 g/mol. The molecule has 0 bridgehead atoms. The maximum atomic E-state index is 11.6. The van der Waals surface area contributed by atoms with Crippen molar-refractivity contribution in [2.45, 2.75) is 12.8 Å². The summed E-state index contributed by atoms with van der Waals surface area (Å²) in [5.41, 5.74) is 1.84. The van der Waals surface area contributed by atoms with Gasteiger partial charge >= 0.3 is 0 Å². The molecule has 1 amide bonds. The van der Waals surface area contributed by atoms with Crippen molar-refractivity contribution in [3.05, 3.63) is 36.9 Å². The van der Waals surface area contributed by atoms with E-state index < -0.39 is 0 Å². The molecule has 0 aromatic heterocycles. The van der Waals surface area contributed by atoms with E-state index in [1.54, 1.807) is 6.08 Å². The minimum absolute atomic E-state index is 0.198. The number of carbonyl (C=O) groups is 1. The third-order valence-corrected chi connectivity index (χ3v) is 3.16. The predicted octanol–water partition coefficient (Wildman–Crippen LogP) is 2.29. The van der Waals surface area contributed by atoms with Crippen molar-refractivity contribution in [1.29, 1.82) is 0 Å². The van der Waals surface area contributed by atoms with Crippen molar-refractivity contribution in [3.63, 3.8) is 0 Å². The van der Waals surface area contributed by atoms with Crippen LogP contribution >= 0.6 is 12.2 Å². The molecule has 1 fully saturated rings. The van der Waals surface area contributed by atoms with Gasteiger partial charge in [0.05, 0.1) is 0 Å². The summed E-state index contributed by atoms with van der Waals surface area (Å²) in [6, 6.07) is 7.70. The second-order valence-corrected chi connectivity index (χ2v) is 4.73. The number of nitrogens with one attached hydrogen (secondary N) is 2. The van der Waals surface area contributed by atoms with E-state index in [2.05, 4.69) is 17.2 Å². The van der Waals surface area contributed by atoms with E-state index in [9.17, 15) is 4.79 Å². The number of anilines is 2. The van der Waals surface area contributed by atoms with E-state index in [0.29, 0.717) is 18.1 Å². The molecule has 0 atom stereocenters. The van der Waals surface area contributed by atoms with Gasteiger partial charge in [-0.3, -0.25) is 4.79 Å². The van der Waals surface area contributed by atoms with Gasteiger partial charge in [-0.1, -0.05) is 6.08 Å². The SMILES string of the molecule is C=CCNC(=S)Nc1ccc(N2CCCC2=O)cc1. The second kappa shape index (κ2) is 6.33. The molecule has 19 heavy (non-hydrogen) atoms. The van der Waals surface area contributed by atoms with Gasteiger partial charge < -0.3 is 15.5 Å². The van der Waals surface area contributed by atoms with Gasteiger partial charge in [0.1, 0.15) is 0 Å². The third-order valence-electron chi connectivity index (χ3n) is 2.92. The number of benzene rings is 1. The highest BCUT2D eigenvalue weighted by Crippen LogP contribution is 2.22. The highest BCUT2D eigenvalue weighted by Gasteiger charge is 2.21. The first-order valence-electron chi connectivity index (χ1n) is 6.27. The van der Waals surface area contributed by atoms with Gasteiger partial charge in [0.2, 0.25) is 5.91 Å². The molecule has 0 saturated carbocycles. The van der Waals surface area contributed by atoms with Gasteiger partial charge in [0.25, 0.3) is 0 Å². The molecule has 2 N–H and O–H groups in total. The van der Waals surface area contributed by atoms with Gasteiger partial charge in [0, 0.05) is 30.9 Å². The summed E-state index contributed by atoms with van der Waals surface area (Å²) >= 11 is 5.13. The van der Waals surface area contributed by atoms with Gasteiger partial charge in [-0.25, -0.2) is 0 Å². The Hall–Kier alpha value is -1.88. The molecule has 4 nitrogen and oxygen atoms in total. The van der Waals surface area contributed by atoms with Crippen LogP contribution in [0.15, 0.2) is 36.9 Å². The van der Waals surface area contributed by atoms with Crippen LogP contribution in [0.5, 0.6) is 0 Å². The molecule has 100 valence electrons. The summed E-state index contributed by atoms with van der Waals surface area (Å²) in [6.07, 6.45) is 3.33. The van der Waals surface area contributed by atoms with E-state index in [4.69, 9.17) is 12.2 Å². The number of thiocarbonyl (C=S) groups is 1. The fourth-order valence-corrected chi connectivity index (χ4v) is 2.19. The minimum Gasteiger partial charge on any atom is -0.359 e. The first-order valence-corrected chi connectivity index (χ1v) is 6.67. The quantitative estimate of drug-likeness (QED) is 0.653. The Bertz CT molecular complexity index is 484.